The highest BCUT2D eigenvalue weighted by Gasteiger charge is 2.48. The highest BCUT2D eigenvalue weighted by molar-refractivity contribution is 6.23. The minimum atomic E-state index is 0.0677. The van der Waals surface area contributed by atoms with Crippen molar-refractivity contribution in [3.8, 4) is 56.7 Å². The van der Waals surface area contributed by atoms with Crippen molar-refractivity contribution < 1.29 is 0 Å². The second-order valence-electron chi connectivity index (χ2n) is 18.6. The normalized spacial score (nSPS) is 15.4. The van der Waals surface area contributed by atoms with Crippen molar-refractivity contribution in [2.24, 2.45) is 5.92 Å². The molecule has 1 aliphatic rings. The van der Waals surface area contributed by atoms with E-state index < -0.39 is 0 Å². The fraction of sp³-hybridized carbons (Fsp3) is 0.136. The minimum Gasteiger partial charge on any atom is -0.307 e. The van der Waals surface area contributed by atoms with Crippen molar-refractivity contribution >= 4 is 43.6 Å². The fourth-order valence-corrected chi connectivity index (χ4v) is 10.8. The molecule has 3 aromatic heterocycles. The van der Waals surface area contributed by atoms with E-state index in [4.69, 9.17) is 15.0 Å². The van der Waals surface area contributed by atoms with Gasteiger partial charge in [-0.15, -0.1) is 0 Å². The van der Waals surface area contributed by atoms with Crippen molar-refractivity contribution in [1.82, 2.24) is 24.1 Å². The van der Waals surface area contributed by atoms with Gasteiger partial charge in [0.25, 0.3) is 0 Å². The molecular formula is C59H47N5. The van der Waals surface area contributed by atoms with E-state index in [1.165, 1.54) is 33.0 Å². The monoisotopic (exact) mass is 825 g/mol. The molecule has 0 amide bonds. The Morgan fingerprint density at radius 1 is 0.375 bits per heavy atom. The van der Waals surface area contributed by atoms with Crippen LogP contribution in [0.15, 0.2) is 188 Å². The van der Waals surface area contributed by atoms with Crippen molar-refractivity contribution in [1.29, 1.82) is 0 Å². The third-order valence-electron chi connectivity index (χ3n) is 14.6. The van der Waals surface area contributed by atoms with Gasteiger partial charge in [-0.25, -0.2) is 4.98 Å². The van der Waals surface area contributed by atoms with Gasteiger partial charge in [0.15, 0.2) is 11.6 Å². The first kappa shape index (κ1) is 38.1. The molecule has 0 bridgehead atoms. The molecule has 0 aliphatic heterocycles. The molecule has 12 rings (SSSR count). The first-order valence-corrected chi connectivity index (χ1v) is 22.4. The van der Waals surface area contributed by atoms with E-state index >= 15 is 0 Å². The fourth-order valence-electron chi connectivity index (χ4n) is 10.8. The Labute approximate surface area is 373 Å². The number of nitrogens with zero attached hydrogens (tertiary/aromatic N) is 5. The number of hydrogen-bond acceptors (Lipinski definition) is 3. The van der Waals surface area contributed by atoms with E-state index in [1.807, 2.05) is 24.3 Å². The van der Waals surface area contributed by atoms with Crippen LogP contribution in [0.4, 0.5) is 0 Å². The Bertz CT molecular complexity index is 3630. The van der Waals surface area contributed by atoms with Crippen LogP contribution in [-0.4, -0.2) is 24.1 Å². The van der Waals surface area contributed by atoms with Crippen LogP contribution < -0.4 is 0 Å². The van der Waals surface area contributed by atoms with Crippen LogP contribution in [0.2, 0.25) is 0 Å². The zero-order chi connectivity index (χ0) is 43.3. The van der Waals surface area contributed by atoms with E-state index in [9.17, 15) is 0 Å². The number of aromatic nitrogens is 5. The average molecular weight is 826 g/mol. The minimum absolute atomic E-state index is 0.0677. The number of para-hydroxylation sites is 2. The lowest BCUT2D eigenvalue weighted by Crippen LogP contribution is -2.30. The van der Waals surface area contributed by atoms with Gasteiger partial charge in [0, 0.05) is 38.4 Å². The Balaban J connectivity index is 1.13. The van der Waals surface area contributed by atoms with E-state index in [-0.39, 0.29) is 10.8 Å². The van der Waals surface area contributed by atoms with Crippen molar-refractivity contribution in [3.63, 3.8) is 0 Å². The molecule has 64 heavy (non-hydrogen) atoms. The molecule has 1 unspecified atom stereocenters. The SMILES string of the molecule is CC1C(C)(C)c2ccc(-c3cccc(-n4c5ccccc5c5ccc6c7ccccc7n(-c7nc(-c8ccccc8)nc(-c8cccc(-c9ccccc9)c8)n7)c6c54)c3)cc2C1(C)C. The molecule has 0 radical (unpaired) electrons. The predicted octanol–water partition coefficient (Wildman–Crippen LogP) is 14.9. The second kappa shape index (κ2) is 14.2. The van der Waals surface area contributed by atoms with Gasteiger partial charge in [0.2, 0.25) is 5.95 Å². The molecule has 11 aromatic rings. The van der Waals surface area contributed by atoms with E-state index in [0.29, 0.717) is 23.5 Å². The summed E-state index contributed by atoms with van der Waals surface area (Å²) in [6, 6.07) is 67.5. The lowest BCUT2D eigenvalue weighted by atomic mass is 9.71. The summed E-state index contributed by atoms with van der Waals surface area (Å²) < 4.78 is 4.73. The summed E-state index contributed by atoms with van der Waals surface area (Å²) in [4.78, 5) is 15.9. The molecule has 3 heterocycles. The Morgan fingerprint density at radius 2 is 0.875 bits per heavy atom. The molecule has 0 N–H and O–H groups in total. The smallest absolute Gasteiger partial charge is 0.238 e. The average Bonchev–Trinajstić information content (AvgIpc) is 3.91. The van der Waals surface area contributed by atoms with Crippen molar-refractivity contribution in [2.75, 3.05) is 0 Å². The van der Waals surface area contributed by atoms with Crippen LogP contribution in [0, 0.1) is 5.92 Å². The number of fused-ring (bicyclic) bond motifs is 8. The molecule has 0 spiro atoms. The quantitative estimate of drug-likeness (QED) is 0.168. The molecule has 5 heteroatoms. The van der Waals surface area contributed by atoms with Crippen LogP contribution >= 0.6 is 0 Å². The number of hydrogen-bond donors (Lipinski definition) is 0. The standard InChI is InChI=1S/C59H47N5/c1-37-58(2,3)49-33-30-42(36-50(49)59(37,4)5)41-23-17-25-44(35-41)63-51-28-14-12-26-45(51)47-31-32-48-46-27-13-15-29-52(46)64(54(48)53(47)63)57-61-55(39-20-10-7-11-21-39)60-56(62-57)43-24-16-22-40(34-43)38-18-8-6-9-19-38/h6-37H,1-5H3. The van der Waals surface area contributed by atoms with E-state index in [1.54, 1.807) is 0 Å². The van der Waals surface area contributed by atoms with Crippen molar-refractivity contribution in [2.45, 2.75) is 45.4 Å². The van der Waals surface area contributed by atoms with Gasteiger partial charge in [-0.1, -0.05) is 192 Å². The van der Waals surface area contributed by atoms with Crippen LogP contribution in [0.25, 0.3) is 100 Å². The largest absolute Gasteiger partial charge is 0.307 e. The lowest BCUT2D eigenvalue weighted by molar-refractivity contribution is 0.264. The van der Waals surface area contributed by atoms with Gasteiger partial charge < -0.3 is 4.57 Å². The summed E-state index contributed by atoms with van der Waals surface area (Å²) in [6.07, 6.45) is 0. The topological polar surface area (TPSA) is 48.5 Å². The van der Waals surface area contributed by atoms with Crippen LogP contribution in [0.5, 0.6) is 0 Å². The summed E-state index contributed by atoms with van der Waals surface area (Å²) in [5.74, 6) is 2.32. The van der Waals surface area contributed by atoms with Gasteiger partial charge in [0.05, 0.1) is 22.1 Å². The molecule has 5 nitrogen and oxygen atoms in total. The van der Waals surface area contributed by atoms with Crippen molar-refractivity contribution in [3.05, 3.63) is 199 Å². The Kier molecular flexibility index (Phi) is 8.45. The third-order valence-corrected chi connectivity index (χ3v) is 14.6. The maximum atomic E-state index is 5.41. The first-order chi connectivity index (χ1) is 31.2. The van der Waals surface area contributed by atoms with E-state index in [0.717, 1.165) is 60.8 Å². The molecule has 8 aromatic carbocycles. The molecular weight excluding hydrogens is 779 g/mol. The number of rotatable bonds is 6. The molecule has 1 aliphatic carbocycles. The summed E-state index contributed by atoms with van der Waals surface area (Å²) in [6.45, 7) is 12.0. The first-order valence-electron chi connectivity index (χ1n) is 22.4. The second-order valence-corrected chi connectivity index (χ2v) is 18.6. The highest BCUT2D eigenvalue weighted by atomic mass is 15.2. The Morgan fingerprint density at radius 3 is 1.56 bits per heavy atom. The molecule has 308 valence electrons. The number of benzene rings is 8. The van der Waals surface area contributed by atoms with Crippen LogP contribution in [0.1, 0.15) is 45.7 Å². The summed E-state index contributed by atoms with van der Waals surface area (Å²) in [5.41, 5.74) is 15.0. The van der Waals surface area contributed by atoms with Crippen LogP contribution in [0.3, 0.4) is 0 Å². The highest BCUT2D eigenvalue weighted by Crippen LogP contribution is 2.54. The molecule has 0 saturated heterocycles. The predicted molar refractivity (Wildman–Crippen MR) is 265 cm³/mol. The summed E-state index contributed by atoms with van der Waals surface area (Å²) >= 11 is 0. The maximum Gasteiger partial charge on any atom is 0.238 e. The van der Waals surface area contributed by atoms with Gasteiger partial charge in [-0.3, -0.25) is 4.57 Å². The summed E-state index contributed by atoms with van der Waals surface area (Å²) in [7, 11) is 0. The summed E-state index contributed by atoms with van der Waals surface area (Å²) in [5, 5.41) is 4.63. The molecule has 0 fully saturated rings. The Hall–Kier alpha value is -7.63. The van der Waals surface area contributed by atoms with Crippen LogP contribution in [-0.2, 0) is 10.8 Å². The molecule has 1 atom stereocenters. The van der Waals surface area contributed by atoms with Gasteiger partial charge in [-0.05, 0) is 80.5 Å². The van der Waals surface area contributed by atoms with Gasteiger partial charge in [0.1, 0.15) is 0 Å². The van der Waals surface area contributed by atoms with E-state index in [2.05, 4.69) is 208 Å². The van der Waals surface area contributed by atoms with Gasteiger partial charge >= 0.3 is 0 Å². The zero-order valence-electron chi connectivity index (χ0n) is 36.7. The van der Waals surface area contributed by atoms with Gasteiger partial charge in [-0.2, -0.15) is 9.97 Å². The zero-order valence-corrected chi connectivity index (χ0v) is 36.7. The maximum absolute atomic E-state index is 5.41. The molecule has 0 saturated carbocycles. The third kappa shape index (κ3) is 5.73. The lowest BCUT2D eigenvalue weighted by Gasteiger charge is -2.32.